The Kier molecular flexibility index (Phi) is 2.95. The van der Waals surface area contributed by atoms with Gasteiger partial charge in [0.05, 0.1) is 0 Å². The molecular weight excluding hydrogens is 230 g/mol. The Bertz CT molecular complexity index is 414. The number of likely N-dealkylation sites (tertiary alicyclic amines) is 1. The molecule has 0 aromatic carbocycles. The number of hydrogen-bond acceptors (Lipinski definition) is 2. The fourth-order valence-corrected chi connectivity index (χ4v) is 3.69. The van der Waals surface area contributed by atoms with Crippen LogP contribution < -0.4 is 0 Å². The maximum Gasteiger partial charge on any atom is 0.225 e. The van der Waals surface area contributed by atoms with Crippen LogP contribution in [-0.2, 0) is 4.79 Å². The zero-order valence-electron chi connectivity index (χ0n) is 10.3. The van der Waals surface area contributed by atoms with E-state index in [4.69, 9.17) is 0 Å². The summed E-state index contributed by atoms with van der Waals surface area (Å²) in [7, 11) is 0. The first-order chi connectivity index (χ1) is 8.24. The van der Waals surface area contributed by atoms with Crippen LogP contribution in [0.5, 0.6) is 0 Å². The zero-order valence-corrected chi connectivity index (χ0v) is 11.1. The van der Waals surface area contributed by atoms with Crippen molar-refractivity contribution in [1.29, 1.82) is 0 Å². The number of carbonyl (C=O) groups excluding carboxylic acids is 1. The molecule has 2 heterocycles. The Balaban J connectivity index is 1.58. The Hall–Kier alpha value is -0.830. The Morgan fingerprint density at radius 2 is 1.94 bits per heavy atom. The lowest BCUT2D eigenvalue weighted by Gasteiger charge is -2.31. The standard InChI is InChI=1S/C14H19NOS/c1-10-2-5-13(17-10)11-6-8-15(9-7-11)14(16)12-3-4-12/h2,5,11-12H,3-4,6-9H2,1H3. The predicted octanol–water partition coefficient (Wildman–Crippen LogP) is 3.17. The molecule has 1 saturated carbocycles. The maximum absolute atomic E-state index is 11.9. The van der Waals surface area contributed by atoms with Crippen molar-refractivity contribution in [2.24, 2.45) is 5.92 Å². The van der Waals surface area contributed by atoms with Gasteiger partial charge >= 0.3 is 0 Å². The topological polar surface area (TPSA) is 20.3 Å². The lowest BCUT2D eigenvalue weighted by atomic mass is 9.95. The summed E-state index contributed by atoms with van der Waals surface area (Å²) in [5.41, 5.74) is 0. The molecule has 17 heavy (non-hydrogen) atoms. The molecule has 92 valence electrons. The van der Waals surface area contributed by atoms with Gasteiger partial charge in [0.15, 0.2) is 0 Å². The van der Waals surface area contributed by atoms with Gasteiger partial charge in [-0.15, -0.1) is 11.3 Å². The van der Waals surface area contributed by atoms with E-state index in [-0.39, 0.29) is 0 Å². The van der Waals surface area contributed by atoms with Crippen molar-refractivity contribution < 1.29 is 4.79 Å². The van der Waals surface area contributed by atoms with Crippen molar-refractivity contribution in [2.45, 2.75) is 38.5 Å². The lowest BCUT2D eigenvalue weighted by molar-refractivity contribution is -0.133. The molecule has 0 N–H and O–H groups in total. The molecule has 2 aliphatic rings. The first-order valence-electron chi connectivity index (χ1n) is 6.59. The van der Waals surface area contributed by atoms with E-state index < -0.39 is 0 Å². The highest BCUT2D eigenvalue weighted by Gasteiger charge is 2.35. The monoisotopic (exact) mass is 249 g/mol. The van der Waals surface area contributed by atoms with Crippen molar-refractivity contribution in [3.8, 4) is 0 Å². The number of amides is 1. The van der Waals surface area contributed by atoms with Crippen LogP contribution in [0.25, 0.3) is 0 Å². The number of thiophene rings is 1. The van der Waals surface area contributed by atoms with Crippen LogP contribution in [0.2, 0.25) is 0 Å². The molecule has 0 spiro atoms. The van der Waals surface area contributed by atoms with Crippen LogP contribution in [0, 0.1) is 12.8 Å². The highest BCUT2D eigenvalue weighted by molar-refractivity contribution is 7.12. The Labute approximate surface area is 107 Å². The summed E-state index contributed by atoms with van der Waals surface area (Å²) in [4.78, 5) is 16.9. The average Bonchev–Trinajstić information content (AvgIpc) is 3.11. The first kappa shape index (κ1) is 11.3. The third-order valence-corrected chi connectivity index (χ3v) is 5.06. The first-order valence-corrected chi connectivity index (χ1v) is 7.41. The minimum atomic E-state index is 0.385. The summed E-state index contributed by atoms with van der Waals surface area (Å²) in [6, 6.07) is 4.48. The van der Waals surface area contributed by atoms with Crippen LogP contribution >= 0.6 is 11.3 Å². The van der Waals surface area contributed by atoms with Crippen LogP contribution in [0.4, 0.5) is 0 Å². The largest absolute Gasteiger partial charge is 0.342 e. The van der Waals surface area contributed by atoms with Gasteiger partial charge in [-0.05, 0) is 50.7 Å². The molecule has 2 fully saturated rings. The van der Waals surface area contributed by atoms with Gasteiger partial charge in [0.1, 0.15) is 0 Å². The SMILES string of the molecule is Cc1ccc(C2CCN(C(=O)C3CC3)CC2)s1. The Morgan fingerprint density at radius 1 is 1.24 bits per heavy atom. The van der Waals surface area contributed by atoms with Gasteiger partial charge in [-0.1, -0.05) is 0 Å². The summed E-state index contributed by atoms with van der Waals surface area (Å²) in [5.74, 6) is 1.50. The van der Waals surface area contributed by atoms with Crippen LogP contribution in [0.3, 0.4) is 0 Å². The van der Waals surface area contributed by atoms with Crippen LogP contribution in [-0.4, -0.2) is 23.9 Å². The van der Waals surface area contributed by atoms with Crippen molar-refractivity contribution in [3.05, 3.63) is 21.9 Å². The van der Waals surface area contributed by atoms with E-state index in [0.29, 0.717) is 17.7 Å². The maximum atomic E-state index is 11.9. The molecule has 0 unspecified atom stereocenters. The summed E-state index contributed by atoms with van der Waals surface area (Å²) >= 11 is 1.92. The van der Waals surface area contributed by atoms with Crippen molar-refractivity contribution >= 4 is 17.2 Å². The molecule has 1 aromatic rings. The lowest BCUT2D eigenvalue weighted by Crippen LogP contribution is -2.38. The van der Waals surface area contributed by atoms with E-state index in [1.165, 1.54) is 9.75 Å². The quantitative estimate of drug-likeness (QED) is 0.788. The average molecular weight is 249 g/mol. The second kappa shape index (κ2) is 4.45. The molecule has 0 bridgehead atoms. The number of rotatable bonds is 2. The highest BCUT2D eigenvalue weighted by Crippen LogP contribution is 2.36. The second-order valence-electron chi connectivity index (χ2n) is 5.32. The molecule has 1 aliphatic heterocycles. The molecule has 1 aliphatic carbocycles. The molecule has 0 atom stereocenters. The van der Waals surface area contributed by atoms with Gasteiger partial charge in [0.25, 0.3) is 0 Å². The molecule has 1 amide bonds. The predicted molar refractivity (Wildman–Crippen MR) is 70.3 cm³/mol. The summed E-state index contributed by atoms with van der Waals surface area (Å²) in [5, 5.41) is 0. The summed E-state index contributed by atoms with van der Waals surface area (Å²) in [6.07, 6.45) is 4.56. The summed E-state index contributed by atoms with van der Waals surface area (Å²) < 4.78 is 0. The molecule has 1 saturated heterocycles. The van der Waals surface area contributed by atoms with E-state index in [1.807, 2.05) is 11.3 Å². The van der Waals surface area contributed by atoms with Gasteiger partial charge in [-0.25, -0.2) is 0 Å². The molecule has 1 aromatic heterocycles. The number of nitrogens with zero attached hydrogens (tertiary/aromatic N) is 1. The van der Waals surface area contributed by atoms with Crippen LogP contribution in [0.15, 0.2) is 12.1 Å². The van der Waals surface area contributed by atoms with Gasteiger partial charge in [-0.2, -0.15) is 0 Å². The van der Waals surface area contributed by atoms with E-state index in [9.17, 15) is 4.79 Å². The van der Waals surface area contributed by atoms with Gasteiger partial charge < -0.3 is 4.90 Å². The highest BCUT2D eigenvalue weighted by atomic mass is 32.1. The molecule has 2 nitrogen and oxygen atoms in total. The normalized spacial score (nSPS) is 21.8. The number of piperidine rings is 1. The molecule has 0 radical (unpaired) electrons. The second-order valence-corrected chi connectivity index (χ2v) is 6.64. The van der Waals surface area contributed by atoms with E-state index in [0.717, 1.165) is 38.8 Å². The Morgan fingerprint density at radius 3 is 2.47 bits per heavy atom. The number of hydrogen-bond donors (Lipinski definition) is 0. The van der Waals surface area contributed by atoms with E-state index in [2.05, 4.69) is 24.0 Å². The molecular formula is C14H19NOS. The third kappa shape index (κ3) is 2.39. The van der Waals surface area contributed by atoms with Gasteiger partial charge in [-0.3, -0.25) is 4.79 Å². The van der Waals surface area contributed by atoms with Gasteiger partial charge in [0, 0.05) is 28.8 Å². The minimum Gasteiger partial charge on any atom is -0.342 e. The number of carbonyl (C=O) groups is 1. The van der Waals surface area contributed by atoms with E-state index in [1.54, 1.807) is 0 Å². The fraction of sp³-hybridized carbons (Fsp3) is 0.643. The van der Waals surface area contributed by atoms with Crippen molar-refractivity contribution in [2.75, 3.05) is 13.1 Å². The van der Waals surface area contributed by atoms with Crippen LogP contribution in [0.1, 0.15) is 41.4 Å². The smallest absolute Gasteiger partial charge is 0.225 e. The van der Waals surface area contributed by atoms with E-state index >= 15 is 0 Å². The zero-order chi connectivity index (χ0) is 11.8. The third-order valence-electron chi connectivity index (χ3n) is 3.90. The van der Waals surface area contributed by atoms with Crippen molar-refractivity contribution in [3.63, 3.8) is 0 Å². The fourth-order valence-electron chi connectivity index (χ4n) is 2.65. The minimum absolute atomic E-state index is 0.385. The van der Waals surface area contributed by atoms with Crippen molar-refractivity contribution in [1.82, 2.24) is 4.90 Å². The molecule has 3 rings (SSSR count). The van der Waals surface area contributed by atoms with Gasteiger partial charge in [0.2, 0.25) is 5.91 Å². The summed E-state index contributed by atoms with van der Waals surface area (Å²) in [6.45, 7) is 4.10. The molecule has 3 heteroatoms. The number of aryl methyl sites for hydroxylation is 1.